The number of tetrazole rings is 1. The summed E-state index contributed by atoms with van der Waals surface area (Å²) in [5, 5.41) is 13.5. The van der Waals surface area contributed by atoms with E-state index in [4.69, 9.17) is 0 Å². The predicted octanol–water partition coefficient (Wildman–Crippen LogP) is -0.740. The Hall–Kier alpha value is -3.11. The number of anilines is 1. The molecule has 2 saturated heterocycles. The average Bonchev–Trinajstić information content (AvgIpc) is 3.44. The lowest BCUT2D eigenvalue weighted by Crippen LogP contribution is -2.44. The number of pyridine rings is 1. The molecule has 0 saturated carbocycles. The van der Waals surface area contributed by atoms with Crippen LogP contribution in [0, 0.1) is 5.92 Å². The van der Waals surface area contributed by atoms with Crippen molar-refractivity contribution in [2.45, 2.75) is 25.2 Å². The van der Waals surface area contributed by atoms with Gasteiger partial charge < -0.3 is 15.1 Å². The molecule has 10 nitrogen and oxygen atoms in total. The van der Waals surface area contributed by atoms with E-state index >= 15 is 0 Å². The van der Waals surface area contributed by atoms with Gasteiger partial charge in [0.15, 0.2) is 6.33 Å². The first-order valence-electron chi connectivity index (χ1n) is 9.18. The van der Waals surface area contributed by atoms with Crippen LogP contribution in [0.25, 0.3) is 0 Å². The van der Waals surface area contributed by atoms with Gasteiger partial charge in [-0.3, -0.25) is 14.6 Å². The van der Waals surface area contributed by atoms with E-state index < -0.39 is 18.1 Å². The Kier molecular flexibility index (Phi) is 5.13. The lowest BCUT2D eigenvalue weighted by atomic mass is 10.1. The number of alkyl halides is 1. The molecule has 2 amide bonds. The fourth-order valence-electron chi connectivity index (χ4n) is 3.73. The van der Waals surface area contributed by atoms with Gasteiger partial charge >= 0.3 is 0 Å². The molecule has 0 radical (unpaired) electrons. The molecule has 11 heteroatoms. The summed E-state index contributed by atoms with van der Waals surface area (Å²) in [5.74, 6) is -0.646. The maximum atomic E-state index is 14.4. The summed E-state index contributed by atoms with van der Waals surface area (Å²) in [5.41, 5.74) is 1.03. The van der Waals surface area contributed by atoms with Crippen LogP contribution < -0.4 is 10.2 Å². The van der Waals surface area contributed by atoms with Gasteiger partial charge in [-0.05, 0) is 23.8 Å². The fourth-order valence-corrected chi connectivity index (χ4v) is 3.73. The number of nitrogens with zero attached hydrogens (tertiary/aromatic N) is 7. The number of likely N-dealkylation sites (tertiary alicyclic amines) is 1. The molecular weight excluding hydrogens is 367 g/mol. The standard InChI is InChI=1S/C17H21FN8O2/c18-14-8-25(9-15(14)22-16(27)10-26-21-11-20-23-26)17(28)12-3-6-24(7-12)13-1-4-19-5-2-13/h1-2,4-5,11-12,14-15H,3,6-10H2,(H,22,27)/t12?,14-,15+/m1/s1. The maximum absolute atomic E-state index is 14.4. The third-order valence-corrected chi connectivity index (χ3v) is 5.15. The molecule has 0 bridgehead atoms. The van der Waals surface area contributed by atoms with Crippen LogP contribution in [0.3, 0.4) is 0 Å². The normalized spacial score (nSPS) is 24.5. The highest BCUT2D eigenvalue weighted by molar-refractivity contribution is 5.81. The zero-order chi connectivity index (χ0) is 19.5. The first-order chi connectivity index (χ1) is 13.6. The highest BCUT2D eigenvalue weighted by Crippen LogP contribution is 2.26. The van der Waals surface area contributed by atoms with Crippen molar-refractivity contribution in [1.29, 1.82) is 0 Å². The summed E-state index contributed by atoms with van der Waals surface area (Å²) in [6, 6.07) is 3.10. The number of amides is 2. The van der Waals surface area contributed by atoms with Gasteiger partial charge in [0, 0.05) is 37.7 Å². The van der Waals surface area contributed by atoms with Gasteiger partial charge in [0.2, 0.25) is 11.8 Å². The van der Waals surface area contributed by atoms with E-state index in [-0.39, 0.29) is 31.5 Å². The molecule has 2 aromatic rings. The van der Waals surface area contributed by atoms with Gasteiger partial charge in [-0.25, -0.2) is 4.39 Å². The minimum atomic E-state index is -1.30. The Morgan fingerprint density at radius 1 is 1.21 bits per heavy atom. The number of halogens is 1. The zero-order valence-electron chi connectivity index (χ0n) is 15.2. The van der Waals surface area contributed by atoms with Crippen molar-refractivity contribution in [2.75, 3.05) is 31.1 Å². The molecule has 28 heavy (non-hydrogen) atoms. The molecule has 2 aromatic heterocycles. The molecule has 0 aromatic carbocycles. The third kappa shape index (κ3) is 3.92. The van der Waals surface area contributed by atoms with Crippen molar-refractivity contribution in [2.24, 2.45) is 5.92 Å². The Morgan fingerprint density at radius 3 is 2.79 bits per heavy atom. The van der Waals surface area contributed by atoms with Crippen LogP contribution in [0.4, 0.5) is 10.1 Å². The number of hydrogen-bond acceptors (Lipinski definition) is 7. The quantitative estimate of drug-likeness (QED) is 0.718. The van der Waals surface area contributed by atoms with Gasteiger partial charge in [0.05, 0.1) is 18.5 Å². The first kappa shape index (κ1) is 18.3. The molecule has 2 aliphatic heterocycles. The summed E-state index contributed by atoms with van der Waals surface area (Å²) >= 11 is 0. The third-order valence-electron chi connectivity index (χ3n) is 5.15. The Balaban J connectivity index is 1.30. The topological polar surface area (TPSA) is 109 Å². The van der Waals surface area contributed by atoms with Gasteiger partial charge in [-0.15, -0.1) is 10.2 Å². The van der Waals surface area contributed by atoms with E-state index in [1.54, 1.807) is 12.4 Å². The molecular formula is C17H21FN8O2. The number of rotatable bonds is 5. The monoisotopic (exact) mass is 388 g/mol. The Bertz CT molecular complexity index is 818. The lowest BCUT2D eigenvalue weighted by molar-refractivity contribution is -0.134. The van der Waals surface area contributed by atoms with Crippen molar-refractivity contribution in [3.8, 4) is 0 Å². The minimum Gasteiger partial charge on any atom is -0.371 e. The average molecular weight is 388 g/mol. The van der Waals surface area contributed by atoms with Gasteiger partial charge in [-0.1, -0.05) is 0 Å². The Labute approximate surface area is 160 Å². The van der Waals surface area contributed by atoms with Crippen LogP contribution in [0.1, 0.15) is 6.42 Å². The van der Waals surface area contributed by atoms with E-state index in [0.717, 1.165) is 23.4 Å². The predicted molar refractivity (Wildman–Crippen MR) is 95.8 cm³/mol. The number of nitrogens with one attached hydrogen (secondary N) is 1. The zero-order valence-corrected chi connectivity index (χ0v) is 15.2. The van der Waals surface area contributed by atoms with Crippen LogP contribution in [0.5, 0.6) is 0 Å². The molecule has 4 rings (SSSR count). The molecule has 3 atom stereocenters. The molecule has 148 valence electrons. The lowest BCUT2D eigenvalue weighted by Gasteiger charge is -2.22. The molecule has 2 fully saturated rings. The van der Waals surface area contributed by atoms with Crippen LogP contribution in [-0.4, -0.2) is 80.3 Å². The van der Waals surface area contributed by atoms with Crippen LogP contribution in [-0.2, 0) is 16.1 Å². The van der Waals surface area contributed by atoms with E-state index in [9.17, 15) is 14.0 Å². The molecule has 0 aliphatic carbocycles. The molecule has 4 heterocycles. The Morgan fingerprint density at radius 2 is 2.04 bits per heavy atom. The maximum Gasteiger partial charge on any atom is 0.244 e. The smallest absolute Gasteiger partial charge is 0.244 e. The van der Waals surface area contributed by atoms with Gasteiger partial charge in [0.1, 0.15) is 12.7 Å². The van der Waals surface area contributed by atoms with Crippen molar-refractivity contribution in [1.82, 2.24) is 35.4 Å². The first-order valence-corrected chi connectivity index (χ1v) is 9.18. The van der Waals surface area contributed by atoms with E-state index in [2.05, 4.69) is 30.6 Å². The van der Waals surface area contributed by atoms with E-state index in [1.807, 2.05) is 12.1 Å². The largest absolute Gasteiger partial charge is 0.371 e. The van der Waals surface area contributed by atoms with Crippen LogP contribution in [0.2, 0.25) is 0 Å². The summed E-state index contributed by atoms with van der Waals surface area (Å²) < 4.78 is 14.4. The number of aromatic nitrogens is 5. The van der Waals surface area contributed by atoms with Crippen molar-refractivity contribution < 1.29 is 14.0 Å². The number of carbonyl (C=O) groups excluding carboxylic acids is 2. The highest BCUT2D eigenvalue weighted by atomic mass is 19.1. The van der Waals surface area contributed by atoms with Gasteiger partial charge in [-0.2, -0.15) is 4.80 Å². The van der Waals surface area contributed by atoms with Crippen molar-refractivity contribution >= 4 is 17.5 Å². The van der Waals surface area contributed by atoms with E-state index in [1.165, 1.54) is 11.2 Å². The molecule has 1 N–H and O–H groups in total. The van der Waals surface area contributed by atoms with Crippen molar-refractivity contribution in [3.63, 3.8) is 0 Å². The minimum absolute atomic E-state index is 0.00286. The second kappa shape index (κ2) is 7.87. The SMILES string of the molecule is O=C(Cn1ncnn1)N[C@H]1CN(C(=O)C2CCN(c3ccncc3)C2)C[C@H]1F. The fraction of sp³-hybridized carbons (Fsp3) is 0.529. The number of carbonyl (C=O) groups is 2. The van der Waals surface area contributed by atoms with Gasteiger partial charge in [0.25, 0.3) is 0 Å². The summed E-state index contributed by atoms with van der Waals surface area (Å²) in [6.07, 6.45) is 4.10. The van der Waals surface area contributed by atoms with Crippen LogP contribution in [0.15, 0.2) is 30.9 Å². The summed E-state index contributed by atoms with van der Waals surface area (Å²) in [7, 11) is 0. The molecule has 0 spiro atoms. The van der Waals surface area contributed by atoms with Crippen LogP contribution >= 0.6 is 0 Å². The second-order valence-corrected chi connectivity index (χ2v) is 7.04. The summed E-state index contributed by atoms with van der Waals surface area (Å²) in [6.45, 7) is 1.41. The number of hydrogen-bond donors (Lipinski definition) is 1. The molecule has 2 aliphatic rings. The highest BCUT2D eigenvalue weighted by Gasteiger charge is 2.40. The van der Waals surface area contributed by atoms with Crippen molar-refractivity contribution in [3.05, 3.63) is 30.9 Å². The van der Waals surface area contributed by atoms with E-state index in [0.29, 0.717) is 6.54 Å². The summed E-state index contributed by atoms with van der Waals surface area (Å²) in [4.78, 5) is 33.6. The second-order valence-electron chi connectivity index (χ2n) is 7.04. The molecule has 1 unspecified atom stereocenters.